The lowest BCUT2D eigenvalue weighted by atomic mass is 9.61. The lowest BCUT2D eigenvalue weighted by molar-refractivity contribution is -0.173. The van der Waals surface area contributed by atoms with Crippen molar-refractivity contribution in [3.05, 3.63) is 0 Å². The second-order valence-electron chi connectivity index (χ2n) is 6.63. The van der Waals surface area contributed by atoms with Crippen molar-refractivity contribution in [3.8, 4) is 0 Å². The fraction of sp³-hybridized carbons (Fsp3) is 1.00. The third-order valence-electron chi connectivity index (χ3n) is 5.57. The minimum atomic E-state index is 0.354. The summed E-state index contributed by atoms with van der Waals surface area (Å²) >= 11 is 0. The first-order chi connectivity index (χ1) is 8.61. The number of ether oxygens (including phenoxy) is 1. The maximum absolute atomic E-state index is 6.48. The molecule has 2 aliphatic rings. The highest BCUT2D eigenvalue weighted by Gasteiger charge is 2.51. The molecule has 2 saturated carbocycles. The summed E-state index contributed by atoms with van der Waals surface area (Å²) in [6.07, 6.45) is 8.84. The van der Waals surface area contributed by atoms with Crippen LogP contribution in [0.1, 0.15) is 66.2 Å². The second-order valence-corrected chi connectivity index (χ2v) is 6.63. The van der Waals surface area contributed by atoms with Crippen LogP contribution < -0.4 is 5.32 Å². The Bertz CT molecular complexity index is 268. The Labute approximate surface area is 113 Å². The maximum Gasteiger partial charge on any atom is 0.0662 e. The van der Waals surface area contributed by atoms with Crippen molar-refractivity contribution in [2.75, 3.05) is 6.54 Å². The summed E-state index contributed by atoms with van der Waals surface area (Å²) in [4.78, 5) is 0. The molecular weight excluding hydrogens is 222 g/mol. The molecule has 0 aliphatic heterocycles. The lowest BCUT2D eigenvalue weighted by Crippen LogP contribution is -2.63. The zero-order valence-corrected chi connectivity index (χ0v) is 12.7. The van der Waals surface area contributed by atoms with Gasteiger partial charge >= 0.3 is 0 Å². The standard InChI is InChI=1S/C16H31NO/c1-5-16(4)14(17-6-2)11-15(16)18-13-10-8-7-9-12(13)3/h12-15,17H,5-11H2,1-4H3. The van der Waals surface area contributed by atoms with Crippen LogP contribution in [-0.2, 0) is 4.74 Å². The van der Waals surface area contributed by atoms with Gasteiger partial charge in [-0.25, -0.2) is 0 Å². The summed E-state index contributed by atoms with van der Waals surface area (Å²) in [6, 6.07) is 0.663. The van der Waals surface area contributed by atoms with E-state index in [0.717, 1.165) is 12.5 Å². The van der Waals surface area contributed by atoms with Crippen molar-refractivity contribution in [2.24, 2.45) is 11.3 Å². The van der Waals surface area contributed by atoms with E-state index < -0.39 is 0 Å². The van der Waals surface area contributed by atoms with Gasteiger partial charge in [-0.05, 0) is 38.1 Å². The molecule has 0 aromatic carbocycles. The van der Waals surface area contributed by atoms with E-state index in [0.29, 0.717) is 23.7 Å². The minimum absolute atomic E-state index is 0.354. The Morgan fingerprint density at radius 2 is 1.94 bits per heavy atom. The van der Waals surface area contributed by atoms with Gasteiger partial charge in [-0.3, -0.25) is 0 Å². The first-order valence-electron chi connectivity index (χ1n) is 8.00. The zero-order valence-electron chi connectivity index (χ0n) is 12.7. The molecule has 0 aromatic rings. The van der Waals surface area contributed by atoms with Crippen LogP contribution in [0.2, 0.25) is 0 Å². The molecule has 0 saturated heterocycles. The summed E-state index contributed by atoms with van der Waals surface area (Å²) in [6.45, 7) is 10.4. The van der Waals surface area contributed by atoms with Gasteiger partial charge in [0.15, 0.2) is 0 Å². The normalized spacial score (nSPS) is 44.7. The number of nitrogens with one attached hydrogen (secondary N) is 1. The fourth-order valence-electron chi connectivity index (χ4n) is 3.76. The van der Waals surface area contributed by atoms with E-state index in [-0.39, 0.29) is 0 Å². The van der Waals surface area contributed by atoms with Crippen LogP contribution in [0, 0.1) is 11.3 Å². The van der Waals surface area contributed by atoms with Crippen LogP contribution in [0.4, 0.5) is 0 Å². The monoisotopic (exact) mass is 253 g/mol. The molecule has 5 unspecified atom stereocenters. The zero-order chi connectivity index (χ0) is 13.2. The Morgan fingerprint density at radius 1 is 1.22 bits per heavy atom. The number of rotatable bonds is 5. The average molecular weight is 253 g/mol. The predicted octanol–water partition coefficient (Wildman–Crippen LogP) is 3.75. The largest absolute Gasteiger partial charge is 0.374 e. The number of hydrogen-bond acceptors (Lipinski definition) is 2. The van der Waals surface area contributed by atoms with E-state index in [1.165, 1.54) is 38.5 Å². The van der Waals surface area contributed by atoms with Crippen LogP contribution in [0.15, 0.2) is 0 Å². The molecule has 2 heteroatoms. The van der Waals surface area contributed by atoms with E-state index in [4.69, 9.17) is 4.74 Å². The molecule has 2 nitrogen and oxygen atoms in total. The second kappa shape index (κ2) is 5.92. The van der Waals surface area contributed by atoms with Crippen molar-refractivity contribution < 1.29 is 4.74 Å². The highest BCUT2D eigenvalue weighted by Crippen LogP contribution is 2.47. The SMILES string of the molecule is CCNC1CC(OC2CCCCC2C)C1(C)CC. The van der Waals surface area contributed by atoms with E-state index in [1.807, 2.05) is 0 Å². The first kappa shape index (κ1) is 14.3. The summed E-state index contributed by atoms with van der Waals surface area (Å²) in [7, 11) is 0. The van der Waals surface area contributed by atoms with Gasteiger partial charge in [-0.2, -0.15) is 0 Å². The summed E-state index contributed by atoms with van der Waals surface area (Å²) in [5, 5.41) is 3.62. The highest BCUT2D eigenvalue weighted by atomic mass is 16.5. The highest BCUT2D eigenvalue weighted by molar-refractivity contribution is 5.05. The molecule has 2 fully saturated rings. The predicted molar refractivity (Wildman–Crippen MR) is 76.8 cm³/mol. The molecule has 0 amide bonds. The van der Waals surface area contributed by atoms with Crippen LogP contribution in [-0.4, -0.2) is 24.8 Å². The Morgan fingerprint density at radius 3 is 2.56 bits per heavy atom. The van der Waals surface area contributed by atoms with Gasteiger partial charge in [-0.1, -0.05) is 40.5 Å². The van der Waals surface area contributed by atoms with Gasteiger partial charge in [0.2, 0.25) is 0 Å². The minimum Gasteiger partial charge on any atom is -0.374 e. The topological polar surface area (TPSA) is 21.3 Å². The summed E-state index contributed by atoms with van der Waals surface area (Å²) in [5.74, 6) is 0.762. The molecule has 0 heterocycles. The smallest absolute Gasteiger partial charge is 0.0662 e. The van der Waals surface area contributed by atoms with Gasteiger partial charge in [0.25, 0.3) is 0 Å². The molecule has 0 radical (unpaired) electrons. The van der Waals surface area contributed by atoms with Gasteiger partial charge in [0, 0.05) is 11.5 Å². The third kappa shape index (κ3) is 2.60. The lowest BCUT2D eigenvalue weighted by Gasteiger charge is -2.55. The fourth-order valence-corrected chi connectivity index (χ4v) is 3.76. The van der Waals surface area contributed by atoms with Crippen molar-refractivity contribution in [1.29, 1.82) is 0 Å². The third-order valence-corrected chi connectivity index (χ3v) is 5.57. The molecule has 2 rings (SSSR count). The molecule has 5 atom stereocenters. The van der Waals surface area contributed by atoms with Crippen molar-refractivity contribution in [3.63, 3.8) is 0 Å². The van der Waals surface area contributed by atoms with Gasteiger partial charge in [-0.15, -0.1) is 0 Å². The quantitative estimate of drug-likeness (QED) is 0.805. The number of hydrogen-bond donors (Lipinski definition) is 1. The Kier molecular flexibility index (Phi) is 4.71. The van der Waals surface area contributed by atoms with E-state index in [1.54, 1.807) is 0 Å². The molecule has 2 aliphatic carbocycles. The summed E-state index contributed by atoms with van der Waals surface area (Å²) < 4.78 is 6.48. The average Bonchev–Trinajstić information content (AvgIpc) is 2.38. The molecule has 0 spiro atoms. The van der Waals surface area contributed by atoms with E-state index >= 15 is 0 Å². The first-order valence-corrected chi connectivity index (χ1v) is 8.00. The molecule has 0 bridgehead atoms. The van der Waals surface area contributed by atoms with Crippen LogP contribution >= 0.6 is 0 Å². The maximum atomic E-state index is 6.48. The summed E-state index contributed by atoms with van der Waals surface area (Å²) in [5.41, 5.74) is 0.354. The van der Waals surface area contributed by atoms with Crippen LogP contribution in [0.5, 0.6) is 0 Å². The van der Waals surface area contributed by atoms with Gasteiger partial charge < -0.3 is 10.1 Å². The molecule has 1 N–H and O–H groups in total. The van der Waals surface area contributed by atoms with Crippen molar-refractivity contribution in [2.45, 2.75) is 84.5 Å². The van der Waals surface area contributed by atoms with Crippen molar-refractivity contribution >= 4 is 0 Å². The Hall–Kier alpha value is -0.0800. The Balaban J connectivity index is 1.90. The van der Waals surface area contributed by atoms with Crippen LogP contribution in [0.25, 0.3) is 0 Å². The van der Waals surface area contributed by atoms with Gasteiger partial charge in [0.1, 0.15) is 0 Å². The van der Waals surface area contributed by atoms with E-state index in [2.05, 4.69) is 33.0 Å². The van der Waals surface area contributed by atoms with Crippen molar-refractivity contribution in [1.82, 2.24) is 5.32 Å². The van der Waals surface area contributed by atoms with Gasteiger partial charge in [0.05, 0.1) is 12.2 Å². The molecule has 106 valence electrons. The molecule has 0 aromatic heterocycles. The van der Waals surface area contributed by atoms with E-state index in [9.17, 15) is 0 Å². The van der Waals surface area contributed by atoms with Crippen LogP contribution in [0.3, 0.4) is 0 Å². The molecular formula is C16H31NO. The molecule has 18 heavy (non-hydrogen) atoms.